The minimum atomic E-state index is -0.432. The Labute approximate surface area is 161 Å². The molecule has 1 aromatic carbocycles. The second-order valence-corrected chi connectivity index (χ2v) is 6.84. The molecule has 6 nitrogen and oxygen atoms in total. The zero-order valence-corrected chi connectivity index (χ0v) is 16.4. The number of carbonyl (C=O) groups is 2. The van der Waals surface area contributed by atoms with Crippen molar-refractivity contribution in [2.24, 2.45) is 5.73 Å². The average Bonchev–Trinajstić information content (AvgIpc) is 3.09. The summed E-state index contributed by atoms with van der Waals surface area (Å²) in [5.41, 5.74) is 7.70. The zero-order valence-electron chi connectivity index (χ0n) is 16.4. The highest BCUT2D eigenvalue weighted by Crippen LogP contribution is 2.19. The van der Waals surface area contributed by atoms with Gasteiger partial charge in [-0.2, -0.15) is 0 Å². The summed E-state index contributed by atoms with van der Waals surface area (Å²) < 4.78 is 0. The minimum absolute atomic E-state index is 0.0720. The van der Waals surface area contributed by atoms with Crippen molar-refractivity contribution in [2.45, 2.75) is 58.0 Å². The van der Waals surface area contributed by atoms with Gasteiger partial charge in [0.1, 0.15) is 0 Å². The van der Waals surface area contributed by atoms with E-state index in [4.69, 9.17) is 5.73 Å². The van der Waals surface area contributed by atoms with Crippen molar-refractivity contribution in [1.82, 2.24) is 15.6 Å². The number of benzene rings is 1. The van der Waals surface area contributed by atoms with Crippen molar-refractivity contribution >= 4 is 22.6 Å². The summed E-state index contributed by atoms with van der Waals surface area (Å²) >= 11 is 0. The molecule has 0 saturated heterocycles. The monoisotopic (exact) mass is 372 g/mol. The first-order chi connectivity index (χ1) is 13.1. The molecule has 5 N–H and O–H groups in total. The Hall–Kier alpha value is -2.18. The van der Waals surface area contributed by atoms with Gasteiger partial charge in [0.25, 0.3) is 0 Å². The Kier molecular flexibility index (Phi) is 8.48. The standard InChI is InChI=1S/C21H32N4O2/c1-3-20(26)18(11-7-8-12-22)25-21(27)19(23-4-2)13-15-14-24-17-10-6-5-9-16(15)17/h5-6,9-10,14,18-19,23-24H,3-4,7-8,11-13,22H2,1-2H3,(H,25,27)/t18-,19-/m0/s1. The van der Waals surface area contributed by atoms with Crippen LogP contribution in [0.4, 0.5) is 0 Å². The number of Topliss-reactive ketones (excluding diaryl/α,β-unsaturated/α-hetero) is 1. The van der Waals surface area contributed by atoms with Gasteiger partial charge in [0, 0.05) is 23.5 Å². The molecule has 6 heteroatoms. The number of carbonyl (C=O) groups excluding carboxylic acids is 2. The molecule has 0 fully saturated rings. The number of unbranched alkanes of at least 4 members (excludes halogenated alkanes) is 1. The molecule has 0 unspecified atom stereocenters. The molecule has 148 valence electrons. The number of hydrogen-bond donors (Lipinski definition) is 4. The molecule has 0 radical (unpaired) electrons. The number of H-pyrrole nitrogens is 1. The minimum Gasteiger partial charge on any atom is -0.361 e. The second-order valence-electron chi connectivity index (χ2n) is 6.84. The third kappa shape index (κ3) is 5.91. The van der Waals surface area contributed by atoms with Crippen molar-refractivity contribution in [3.63, 3.8) is 0 Å². The molecule has 27 heavy (non-hydrogen) atoms. The zero-order chi connectivity index (χ0) is 19.6. The highest BCUT2D eigenvalue weighted by molar-refractivity contribution is 5.91. The van der Waals surface area contributed by atoms with Gasteiger partial charge in [0.2, 0.25) is 5.91 Å². The SMILES string of the molecule is CCN[C@@H](Cc1c[nH]c2ccccc12)C(=O)N[C@@H](CCCCN)C(=O)CC. The molecular weight excluding hydrogens is 340 g/mol. The summed E-state index contributed by atoms with van der Waals surface area (Å²) in [6, 6.07) is 7.25. The van der Waals surface area contributed by atoms with Crippen LogP contribution in [0.2, 0.25) is 0 Å². The summed E-state index contributed by atoms with van der Waals surface area (Å²) in [6.07, 6.45) is 5.28. The van der Waals surface area contributed by atoms with Gasteiger partial charge >= 0.3 is 0 Å². The fraction of sp³-hybridized carbons (Fsp3) is 0.524. The third-order valence-corrected chi connectivity index (χ3v) is 4.87. The lowest BCUT2D eigenvalue weighted by atomic mass is 10.0. The van der Waals surface area contributed by atoms with Crippen LogP contribution in [0.1, 0.15) is 45.1 Å². The van der Waals surface area contributed by atoms with Crippen molar-refractivity contribution < 1.29 is 9.59 Å². The first-order valence-corrected chi connectivity index (χ1v) is 9.92. The number of ketones is 1. The van der Waals surface area contributed by atoms with Crippen LogP contribution in [-0.4, -0.2) is 41.8 Å². The lowest BCUT2D eigenvalue weighted by Gasteiger charge is -2.22. The summed E-state index contributed by atoms with van der Waals surface area (Å²) in [5, 5.41) is 7.35. The van der Waals surface area contributed by atoms with Crippen LogP contribution in [0.5, 0.6) is 0 Å². The normalized spacial score (nSPS) is 13.4. The molecule has 2 rings (SSSR count). The lowest BCUT2D eigenvalue weighted by molar-refractivity contribution is -0.129. The molecule has 1 amide bonds. The van der Waals surface area contributed by atoms with E-state index in [0.717, 1.165) is 29.3 Å². The Morgan fingerprint density at radius 2 is 1.93 bits per heavy atom. The predicted molar refractivity (Wildman–Crippen MR) is 110 cm³/mol. The first kappa shape index (κ1) is 21.1. The maximum atomic E-state index is 12.9. The number of rotatable bonds is 12. The van der Waals surface area contributed by atoms with E-state index in [2.05, 4.69) is 21.7 Å². The molecule has 0 saturated carbocycles. The smallest absolute Gasteiger partial charge is 0.238 e. The van der Waals surface area contributed by atoms with Crippen LogP contribution in [0, 0.1) is 0 Å². The molecule has 0 spiro atoms. The maximum Gasteiger partial charge on any atom is 0.238 e. The number of hydrogen-bond acceptors (Lipinski definition) is 4. The van der Waals surface area contributed by atoms with Crippen molar-refractivity contribution in [3.8, 4) is 0 Å². The van der Waals surface area contributed by atoms with E-state index in [1.165, 1.54) is 0 Å². The van der Waals surface area contributed by atoms with E-state index in [1.807, 2.05) is 38.2 Å². The summed E-state index contributed by atoms with van der Waals surface area (Å²) in [4.78, 5) is 28.4. The number of nitrogens with one attached hydrogen (secondary N) is 3. The largest absolute Gasteiger partial charge is 0.361 e. The summed E-state index contributed by atoms with van der Waals surface area (Å²) in [5.74, 6) is -0.0515. The van der Waals surface area contributed by atoms with Crippen LogP contribution in [0.3, 0.4) is 0 Å². The van der Waals surface area contributed by atoms with E-state index in [9.17, 15) is 9.59 Å². The highest BCUT2D eigenvalue weighted by atomic mass is 16.2. The molecule has 0 aliphatic heterocycles. The van der Waals surface area contributed by atoms with Crippen molar-refractivity contribution in [2.75, 3.05) is 13.1 Å². The third-order valence-electron chi connectivity index (χ3n) is 4.87. The van der Waals surface area contributed by atoms with Crippen LogP contribution in [0.15, 0.2) is 30.5 Å². The fourth-order valence-corrected chi connectivity index (χ4v) is 3.35. The van der Waals surface area contributed by atoms with Gasteiger partial charge in [-0.1, -0.05) is 32.0 Å². The lowest BCUT2D eigenvalue weighted by Crippen LogP contribution is -2.51. The molecular formula is C21H32N4O2. The van der Waals surface area contributed by atoms with Crippen molar-refractivity contribution in [1.29, 1.82) is 0 Å². The van der Waals surface area contributed by atoms with Crippen LogP contribution in [0.25, 0.3) is 10.9 Å². The number of fused-ring (bicyclic) bond motifs is 1. The number of nitrogens with two attached hydrogens (primary N) is 1. The quantitative estimate of drug-likeness (QED) is 0.430. The Balaban J connectivity index is 2.09. The molecule has 2 aromatic rings. The van der Waals surface area contributed by atoms with Gasteiger partial charge in [-0.15, -0.1) is 0 Å². The predicted octanol–water partition coefficient (Wildman–Crippen LogP) is 2.28. The van der Waals surface area contributed by atoms with Gasteiger partial charge < -0.3 is 21.4 Å². The van der Waals surface area contributed by atoms with Crippen LogP contribution in [-0.2, 0) is 16.0 Å². The number of para-hydroxylation sites is 1. The Morgan fingerprint density at radius 1 is 1.15 bits per heavy atom. The summed E-state index contributed by atoms with van der Waals surface area (Å²) in [6.45, 7) is 5.09. The second kappa shape index (κ2) is 10.8. The maximum absolute atomic E-state index is 12.9. The molecule has 0 aliphatic carbocycles. The fourth-order valence-electron chi connectivity index (χ4n) is 3.35. The Morgan fingerprint density at radius 3 is 2.63 bits per heavy atom. The van der Waals surface area contributed by atoms with E-state index < -0.39 is 6.04 Å². The highest BCUT2D eigenvalue weighted by Gasteiger charge is 2.24. The van der Waals surface area contributed by atoms with Gasteiger partial charge in [0.05, 0.1) is 12.1 Å². The van der Waals surface area contributed by atoms with E-state index in [-0.39, 0.29) is 17.7 Å². The molecule has 1 heterocycles. The van der Waals surface area contributed by atoms with Crippen LogP contribution >= 0.6 is 0 Å². The van der Waals surface area contributed by atoms with Gasteiger partial charge in [-0.3, -0.25) is 9.59 Å². The number of amides is 1. The van der Waals surface area contributed by atoms with E-state index >= 15 is 0 Å². The number of aromatic amines is 1. The topological polar surface area (TPSA) is 100 Å². The molecule has 0 bridgehead atoms. The Bertz CT molecular complexity index is 741. The van der Waals surface area contributed by atoms with E-state index in [1.54, 1.807) is 0 Å². The number of likely N-dealkylation sites (N-methyl/N-ethyl adjacent to an activating group) is 1. The van der Waals surface area contributed by atoms with Crippen molar-refractivity contribution in [3.05, 3.63) is 36.0 Å². The number of aromatic nitrogens is 1. The molecule has 2 atom stereocenters. The van der Waals surface area contributed by atoms with Crippen LogP contribution < -0.4 is 16.4 Å². The average molecular weight is 373 g/mol. The van der Waals surface area contributed by atoms with Gasteiger partial charge in [-0.05, 0) is 50.4 Å². The molecule has 1 aromatic heterocycles. The van der Waals surface area contributed by atoms with Gasteiger partial charge in [0.15, 0.2) is 5.78 Å². The van der Waals surface area contributed by atoms with E-state index in [0.29, 0.717) is 32.4 Å². The first-order valence-electron chi connectivity index (χ1n) is 9.92. The summed E-state index contributed by atoms with van der Waals surface area (Å²) in [7, 11) is 0. The van der Waals surface area contributed by atoms with Gasteiger partial charge in [-0.25, -0.2) is 0 Å². The molecule has 0 aliphatic rings.